The molecule has 0 N–H and O–H groups in total. The molecule has 3 heterocycles. The van der Waals surface area contributed by atoms with Gasteiger partial charge in [-0.2, -0.15) is 0 Å². The molecule has 2 aromatic rings. The van der Waals surface area contributed by atoms with E-state index >= 15 is 0 Å². The Labute approximate surface area is 165 Å². The first kappa shape index (κ1) is 18.4. The summed E-state index contributed by atoms with van der Waals surface area (Å²) in [6.45, 7) is 5.40. The van der Waals surface area contributed by atoms with Crippen LogP contribution in [0.2, 0.25) is 0 Å². The highest BCUT2D eigenvalue weighted by molar-refractivity contribution is 7.16. The molecule has 1 aromatic heterocycles. The molecule has 1 unspecified atom stereocenters. The quantitative estimate of drug-likeness (QED) is 0.739. The number of ether oxygens (including phenoxy) is 1. The Morgan fingerprint density at radius 2 is 1.93 bits per heavy atom. The van der Waals surface area contributed by atoms with Crippen LogP contribution >= 0.6 is 11.3 Å². The zero-order chi connectivity index (χ0) is 18.5. The average Bonchev–Trinajstić information content (AvgIpc) is 3.39. The van der Waals surface area contributed by atoms with Crippen molar-refractivity contribution < 1.29 is 9.53 Å². The van der Waals surface area contributed by atoms with E-state index in [2.05, 4.69) is 29.2 Å². The second-order valence-electron chi connectivity index (χ2n) is 7.16. The predicted molar refractivity (Wildman–Crippen MR) is 111 cm³/mol. The highest BCUT2D eigenvalue weighted by Gasteiger charge is 2.24. The molecule has 4 rings (SSSR count). The molecule has 0 bridgehead atoms. The topological polar surface area (TPSA) is 32.8 Å². The molecular formula is C22H26N2O2S. The summed E-state index contributed by atoms with van der Waals surface area (Å²) in [6.07, 6.45) is 6.41. The van der Waals surface area contributed by atoms with E-state index in [9.17, 15) is 4.79 Å². The molecule has 0 saturated carbocycles. The Hall–Kier alpha value is -1.95. The summed E-state index contributed by atoms with van der Waals surface area (Å²) in [6, 6.07) is 14.5. The molecule has 0 radical (unpaired) electrons. The van der Waals surface area contributed by atoms with Gasteiger partial charge in [-0.05, 0) is 36.6 Å². The third-order valence-corrected chi connectivity index (χ3v) is 6.34. The molecule has 27 heavy (non-hydrogen) atoms. The van der Waals surface area contributed by atoms with Crippen LogP contribution in [-0.4, -0.2) is 61.1 Å². The van der Waals surface area contributed by atoms with E-state index in [1.165, 1.54) is 23.3 Å². The summed E-state index contributed by atoms with van der Waals surface area (Å²) < 4.78 is 5.72. The SMILES string of the molecule is O=C(/C=C/c1ccc(-c2ccccc2)s1)N1CCN(CC2CCCO2)CC1. The first-order valence-corrected chi connectivity index (χ1v) is 10.6. The van der Waals surface area contributed by atoms with Gasteiger partial charge in [0.2, 0.25) is 5.91 Å². The van der Waals surface area contributed by atoms with Gasteiger partial charge < -0.3 is 9.64 Å². The van der Waals surface area contributed by atoms with Gasteiger partial charge >= 0.3 is 0 Å². The van der Waals surface area contributed by atoms with E-state index < -0.39 is 0 Å². The fourth-order valence-electron chi connectivity index (χ4n) is 3.69. The monoisotopic (exact) mass is 382 g/mol. The molecular weight excluding hydrogens is 356 g/mol. The van der Waals surface area contributed by atoms with Crippen LogP contribution in [0.15, 0.2) is 48.5 Å². The standard InChI is InChI=1S/C22H26N2O2S/c25-22(24-14-12-23(13-15-24)17-19-7-4-16-26-19)11-9-20-8-10-21(27-20)18-5-2-1-3-6-18/h1-3,5-6,8-11,19H,4,7,12-17H2/b11-9+. The Kier molecular flexibility index (Phi) is 6.02. The zero-order valence-electron chi connectivity index (χ0n) is 15.5. The maximum Gasteiger partial charge on any atom is 0.246 e. The minimum atomic E-state index is 0.112. The van der Waals surface area contributed by atoms with Crippen molar-refractivity contribution in [3.63, 3.8) is 0 Å². The highest BCUT2D eigenvalue weighted by atomic mass is 32.1. The molecule has 5 heteroatoms. The van der Waals surface area contributed by atoms with E-state index in [0.717, 1.165) is 44.2 Å². The van der Waals surface area contributed by atoms with E-state index in [-0.39, 0.29) is 5.91 Å². The van der Waals surface area contributed by atoms with Gasteiger partial charge in [-0.25, -0.2) is 0 Å². The second-order valence-corrected chi connectivity index (χ2v) is 8.28. The third kappa shape index (κ3) is 4.86. The summed E-state index contributed by atoms with van der Waals surface area (Å²) >= 11 is 1.71. The number of hydrogen-bond donors (Lipinski definition) is 0. The average molecular weight is 383 g/mol. The van der Waals surface area contributed by atoms with Crippen molar-refractivity contribution in [1.82, 2.24) is 9.80 Å². The number of carbonyl (C=O) groups is 1. The first-order chi connectivity index (χ1) is 13.3. The molecule has 2 aliphatic heterocycles. The van der Waals surface area contributed by atoms with Crippen LogP contribution in [0, 0.1) is 0 Å². The second kappa shape index (κ2) is 8.83. The number of nitrogens with zero attached hydrogens (tertiary/aromatic N) is 2. The number of benzene rings is 1. The number of carbonyl (C=O) groups excluding carboxylic acids is 1. The van der Waals surface area contributed by atoms with Gasteiger partial charge in [0.15, 0.2) is 0 Å². The van der Waals surface area contributed by atoms with Crippen LogP contribution in [0.5, 0.6) is 0 Å². The number of amides is 1. The molecule has 0 aliphatic carbocycles. The molecule has 142 valence electrons. The van der Waals surface area contributed by atoms with E-state index in [1.807, 2.05) is 29.2 Å². The summed E-state index contributed by atoms with van der Waals surface area (Å²) in [4.78, 5) is 19.2. The number of hydrogen-bond acceptors (Lipinski definition) is 4. The Morgan fingerprint density at radius 1 is 1.11 bits per heavy atom. The van der Waals surface area contributed by atoms with Crippen molar-refractivity contribution in [2.75, 3.05) is 39.3 Å². The van der Waals surface area contributed by atoms with Gasteiger partial charge in [0.25, 0.3) is 0 Å². The smallest absolute Gasteiger partial charge is 0.246 e. The van der Waals surface area contributed by atoms with Crippen LogP contribution in [0.1, 0.15) is 17.7 Å². The summed E-state index contributed by atoms with van der Waals surface area (Å²) in [5, 5.41) is 0. The lowest BCUT2D eigenvalue weighted by atomic mass is 10.2. The van der Waals surface area contributed by atoms with Gasteiger partial charge in [0.1, 0.15) is 0 Å². The van der Waals surface area contributed by atoms with Gasteiger partial charge in [0.05, 0.1) is 6.10 Å². The van der Waals surface area contributed by atoms with E-state index in [4.69, 9.17) is 4.74 Å². The molecule has 0 spiro atoms. The van der Waals surface area contributed by atoms with Gasteiger partial charge in [0, 0.05) is 55.2 Å². The van der Waals surface area contributed by atoms with Crippen LogP contribution in [0.4, 0.5) is 0 Å². The highest BCUT2D eigenvalue weighted by Crippen LogP contribution is 2.28. The van der Waals surface area contributed by atoms with Crippen LogP contribution in [0.3, 0.4) is 0 Å². The maximum atomic E-state index is 12.5. The minimum Gasteiger partial charge on any atom is -0.377 e. The number of thiophene rings is 1. The van der Waals surface area contributed by atoms with Crippen LogP contribution in [-0.2, 0) is 9.53 Å². The molecule has 2 saturated heterocycles. The van der Waals surface area contributed by atoms with Gasteiger partial charge in [-0.1, -0.05) is 30.3 Å². The minimum absolute atomic E-state index is 0.112. The fraction of sp³-hybridized carbons (Fsp3) is 0.409. The Morgan fingerprint density at radius 3 is 2.67 bits per heavy atom. The van der Waals surface area contributed by atoms with Crippen LogP contribution in [0.25, 0.3) is 16.5 Å². The summed E-state index contributed by atoms with van der Waals surface area (Å²) in [5.41, 5.74) is 1.22. The lowest BCUT2D eigenvalue weighted by Crippen LogP contribution is -2.50. The predicted octanol–water partition coefficient (Wildman–Crippen LogP) is 3.75. The van der Waals surface area contributed by atoms with E-state index in [0.29, 0.717) is 6.10 Å². The lowest BCUT2D eigenvalue weighted by Gasteiger charge is -2.35. The van der Waals surface area contributed by atoms with Crippen molar-refractivity contribution in [3.05, 3.63) is 53.4 Å². The summed E-state index contributed by atoms with van der Waals surface area (Å²) in [5.74, 6) is 0.112. The molecule has 1 amide bonds. The zero-order valence-corrected chi connectivity index (χ0v) is 16.4. The van der Waals surface area contributed by atoms with Crippen molar-refractivity contribution >= 4 is 23.3 Å². The normalized spacial score (nSPS) is 21.2. The molecule has 2 aliphatic rings. The molecule has 1 atom stereocenters. The fourth-order valence-corrected chi connectivity index (χ4v) is 4.60. The first-order valence-electron chi connectivity index (χ1n) is 9.74. The van der Waals surface area contributed by atoms with E-state index in [1.54, 1.807) is 17.4 Å². The molecule has 1 aromatic carbocycles. The van der Waals surface area contributed by atoms with Crippen molar-refractivity contribution in [2.45, 2.75) is 18.9 Å². The van der Waals surface area contributed by atoms with Gasteiger partial charge in [-0.3, -0.25) is 9.69 Å². The maximum absolute atomic E-state index is 12.5. The molecule has 2 fully saturated rings. The molecule has 4 nitrogen and oxygen atoms in total. The van der Waals surface area contributed by atoms with Crippen LogP contribution < -0.4 is 0 Å². The number of piperazine rings is 1. The third-order valence-electron chi connectivity index (χ3n) is 5.25. The lowest BCUT2D eigenvalue weighted by molar-refractivity contribution is -0.127. The number of rotatable bonds is 5. The van der Waals surface area contributed by atoms with Crippen molar-refractivity contribution in [3.8, 4) is 10.4 Å². The van der Waals surface area contributed by atoms with Crippen molar-refractivity contribution in [1.29, 1.82) is 0 Å². The summed E-state index contributed by atoms with van der Waals surface area (Å²) in [7, 11) is 0. The Bertz CT molecular complexity index is 773. The largest absolute Gasteiger partial charge is 0.377 e. The van der Waals surface area contributed by atoms with Gasteiger partial charge in [-0.15, -0.1) is 11.3 Å². The van der Waals surface area contributed by atoms with Crippen molar-refractivity contribution in [2.24, 2.45) is 0 Å². The Balaban J connectivity index is 1.27.